The molecule has 2 fully saturated rings. The Morgan fingerprint density at radius 3 is 2.29 bits per heavy atom. The van der Waals surface area contributed by atoms with E-state index in [1.165, 1.54) is 12.1 Å². The fourth-order valence-corrected chi connectivity index (χ4v) is 6.32. The maximum absolute atomic E-state index is 15.0. The van der Waals surface area contributed by atoms with Gasteiger partial charge in [0, 0.05) is 80.8 Å². The molecule has 2 heterocycles. The van der Waals surface area contributed by atoms with Crippen molar-refractivity contribution in [1.82, 2.24) is 14.7 Å². The van der Waals surface area contributed by atoms with Crippen LogP contribution < -0.4 is 4.90 Å². The second-order valence-electron chi connectivity index (χ2n) is 12.6. The van der Waals surface area contributed by atoms with Gasteiger partial charge in [0.1, 0.15) is 11.6 Å². The summed E-state index contributed by atoms with van der Waals surface area (Å²) in [5, 5.41) is 0.662. The lowest BCUT2D eigenvalue weighted by molar-refractivity contribution is -0.139. The van der Waals surface area contributed by atoms with Gasteiger partial charge in [-0.05, 0) is 76.4 Å². The number of halogens is 3. The van der Waals surface area contributed by atoms with E-state index in [4.69, 9.17) is 11.6 Å². The van der Waals surface area contributed by atoms with E-state index < -0.39 is 11.6 Å². The Labute approximate surface area is 248 Å². The molecule has 2 aromatic rings. The van der Waals surface area contributed by atoms with Crippen LogP contribution in [0.15, 0.2) is 30.3 Å². The summed E-state index contributed by atoms with van der Waals surface area (Å²) >= 11 is 6.54. The van der Waals surface area contributed by atoms with Crippen LogP contribution >= 0.6 is 11.6 Å². The first-order valence-corrected chi connectivity index (χ1v) is 14.8. The Morgan fingerprint density at radius 2 is 1.71 bits per heavy atom. The number of hydrogen-bond acceptors (Lipinski definition) is 4. The van der Waals surface area contributed by atoms with Crippen molar-refractivity contribution in [2.45, 2.75) is 65.5 Å². The minimum Gasteiger partial charge on any atom is -0.368 e. The van der Waals surface area contributed by atoms with Gasteiger partial charge in [-0.2, -0.15) is 0 Å². The van der Waals surface area contributed by atoms with Gasteiger partial charge in [0.15, 0.2) is 0 Å². The fraction of sp³-hybridized carbons (Fsp3) is 0.562. The molecular formula is C32H43ClF2N4O2. The quantitative estimate of drug-likeness (QED) is 0.429. The normalized spacial score (nSPS) is 21.1. The SMILES string of the molecule is CC(=O)N(C)C(C)c1cc(C)c(Cl)cc1N1CCN(C(=O)[C@@H]2CCN(C(C)(C)C)C[C@H]2c2ccc(F)cc2F)CC1. The van der Waals surface area contributed by atoms with E-state index in [2.05, 4.69) is 30.6 Å². The molecule has 0 radical (unpaired) electrons. The molecule has 2 amide bonds. The minimum atomic E-state index is -0.617. The number of amides is 2. The number of piperazine rings is 1. The van der Waals surface area contributed by atoms with Gasteiger partial charge in [-0.25, -0.2) is 8.78 Å². The summed E-state index contributed by atoms with van der Waals surface area (Å²) < 4.78 is 28.8. The molecule has 2 saturated heterocycles. The standard InChI is InChI=1S/C32H43ClF2N4O2/c1-20-16-26(21(2)36(7)22(3)40)30(18-28(20)33)37-12-14-38(15-13-37)31(41)25-10-11-39(32(4,5)6)19-27(25)24-9-8-23(34)17-29(24)35/h8-9,16-18,21,25,27H,10-15,19H2,1-7H3/t21?,25-,27+/m1/s1. The van der Waals surface area contributed by atoms with Crippen LogP contribution in [-0.2, 0) is 9.59 Å². The maximum atomic E-state index is 15.0. The third-order valence-corrected chi connectivity index (χ3v) is 9.42. The number of carbonyl (C=O) groups is 2. The number of piperidine rings is 1. The Kier molecular flexibility index (Phi) is 9.34. The Bertz CT molecular complexity index is 1290. The third kappa shape index (κ3) is 6.69. The topological polar surface area (TPSA) is 47.1 Å². The first kappa shape index (κ1) is 31.2. The van der Waals surface area contributed by atoms with Crippen LogP contribution in [0.4, 0.5) is 14.5 Å². The lowest BCUT2D eigenvalue weighted by Gasteiger charge is -2.46. The molecule has 0 bridgehead atoms. The van der Waals surface area contributed by atoms with Gasteiger partial charge in [-0.1, -0.05) is 23.7 Å². The molecule has 41 heavy (non-hydrogen) atoms. The van der Waals surface area contributed by atoms with Gasteiger partial charge in [0.25, 0.3) is 0 Å². The highest BCUT2D eigenvalue weighted by Crippen LogP contribution is 2.39. The van der Waals surface area contributed by atoms with E-state index in [0.29, 0.717) is 49.7 Å². The number of carbonyl (C=O) groups excluding carboxylic acids is 2. The van der Waals surface area contributed by atoms with Crippen molar-refractivity contribution in [3.8, 4) is 0 Å². The predicted molar refractivity (Wildman–Crippen MR) is 160 cm³/mol. The number of rotatable bonds is 5. The zero-order chi connectivity index (χ0) is 30.2. The first-order chi connectivity index (χ1) is 19.2. The zero-order valence-electron chi connectivity index (χ0n) is 25.3. The Hall–Kier alpha value is -2.71. The molecule has 2 aliphatic heterocycles. The Morgan fingerprint density at radius 1 is 1.05 bits per heavy atom. The van der Waals surface area contributed by atoms with Crippen LogP contribution in [0.2, 0.25) is 5.02 Å². The second kappa shape index (κ2) is 12.3. The maximum Gasteiger partial charge on any atom is 0.226 e. The van der Waals surface area contributed by atoms with E-state index in [-0.39, 0.29) is 35.2 Å². The van der Waals surface area contributed by atoms with Crippen molar-refractivity contribution in [1.29, 1.82) is 0 Å². The number of anilines is 1. The van der Waals surface area contributed by atoms with Crippen LogP contribution in [0.25, 0.3) is 0 Å². The van der Waals surface area contributed by atoms with Crippen molar-refractivity contribution in [2.24, 2.45) is 5.92 Å². The first-order valence-electron chi connectivity index (χ1n) is 14.5. The monoisotopic (exact) mass is 588 g/mol. The summed E-state index contributed by atoms with van der Waals surface area (Å²) in [5.74, 6) is -1.95. The smallest absolute Gasteiger partial charge is 0.226 e. The van der Waals surface area contributed by atoms with Gasteiger partial charge in [-0.15, -0.1) is 0 Å². The lowest BCUT2D eigenvalue weighted by Crippen LogP contribution is -2.55. The average Bonchev–Trinajstić information content (AvgIpc) is 2.92. The summed E-state index contributed by atoms with van der Waals surface area (Å²) in [5.41, 5.74) is 3.21. The van der Waals surface area contributed by atoms with Crippen LogP contribution in [-0.4, -0.2) is 78.4 Å². The van der Waals surface area contributed by atoms with Gasteiger partial charge >= 0.3 is 0 Å². The predicted octanol–water partition coefficient (Wildman–Crippen LogP) is 6.02. The van der Waals surface area contributed by atoms with E-state index in [1.54, 1.807) is 18.9 Å². The van der Waals surface area contributed by atoms with E-state index in [9.17, 15) is 14.0 Å². The highest BCUT2D eigenvalue weighted by molar-refractivity contribution is 6.31. The number of aryl methyl sites for hydroxylation is 1. The molecule has 0 saturated carbocycles. The molecule has 1 unspecified atom stereocenters. The molecule has 2 aliphatic rings. The summed E-state index contributed by atoms with van der Waals surface area (Å²) in [6, 6.07) is 7.57. The van der Waals surface area contributed by atoms with Gasteiger partial charge < -0.3 is 14.7 Å². The summed E-state index contributed by atoms with van der Waals surface area (Å²) in [4.78, 5) is 34.2. The summed E-state index contributed by atoms with van der Waals surface area (Å²) in [7, 11) is 1.79. The Balaban J connectivity index is 1.54. The molecule has 0 aromatic heterocycles. The lowest BCUT2D eigenvalue weighted by atomic mass is 9.78. The van der Waals surface area contributed by atoms with Crippen LogP contribution in [0.3, 0.4) is 0 Å². The molecule has 6 nitrogen and oxygen atoms in total. The molecule has 0 aliphatic carbocycles. The van der Waals surface area contributed by atoms with Crippen molar-refractivity contribution in [3.05, 3.63) is 63.7 Å². The van der Waals surface area contributed by atoms with Crippen molar-refractivity contribution >= 4 is 29.1 Å². The third-order valence-electron chi connectivity index (χ3n) is 9.01. The van der Waals surface area contributed by atoms with Crippen molar-refractivity contribution < 1.29 is 18.4 Å². The fourth-order valence-electron chi connectivity index (χ4n) is 6.16. The van der Waals surface area contributed by atoms with Crippen LogP contribution in [0, 0.1) is 24.5 Å². The number of benzene rings is 2. The summed E-state index contributed by atoms with van der Waals surface area (Å²) in [6.45, 7) is 15.4. The van der Waals surface area contributed by atoms with E-state index in [1.807, 2.05) is 30.9 Å². The molecule has 224 valence electrons. The zero-order valence-corrected chi connectivity index (χ0v) is 26.1. The van der Waals surface area contributed by atoms with Crippen molar-refractivity contribution in [3.63, 3.8) is 0 Å². The highest BCUT2D eigenvalue weighted by atomic mass is 35.5. The van der Waals surface area contributed by atoms with Crippen LogP contribution in [0.5, 0.6) is 0 Å². The highest BCUT2D eigenvalue weighted by Gasteiger charge is 2.41. The number of hydrogen-bond donors (Lipinski definition) is 0. The van der Waals surface area contributed by atoms with E-state index >= 15 is 4.39 Å². The number of nitrogens with zero attached hydrogens (tertiary/aromatic N) is 4. The average molecular weight is 589 g/mol. The summed E-state index contributed by atoms with van der Waals surface area (Å²) in [6.07, 6.45) is 0.615. The van der Waals surface area contributed by atoms with Gasteiger partial charge in [0.05, 0.1) is 6.04 Å². The minimum absolute atomic E-state index is 0.0175. The van der Waals surface area contributed by atoms with Crippen LogP contribution in [0.1, 0.15) is 69.7 Å². The van der Waals surface area contributed by atoms with Gasteiger partial charge in [-0.3, -0.25) is 14.5 Å². The number of likely N-dealkylation sites (tertiary alicyclic amines) is 1. The van der Waals surface area contributed by atoms with Crippen molar-refractivity contribution in [2.75, 3.05) is 51.2 Å². The molecule has 0 spiro atoms. The molecule has 9 heteroatoms. The largest absolute Gasteiger partial charge is 0.368 e. The molecule has 2 aromatic carbocycles. The second-order valence-corrected chi connectivity index (χ2v) is 13.0. The molecule has 0 N–H and O–H groups in total. The molecule has 3 atom stereocenters. The van der Waals surface area contributed by atoms with E-state index in [0.717, 1.165) is 29.4 Å². The molecule has 4 rings (SSSR count). The molecular weight excluding hydrogens is 546 g/mol. The van der Waals surface area contributed by atoms with Gasteiger partial charge in [0.2, 0.25) is 11.8 Å².